The molecular weight excluding hydrogens is 821 g/mol. The molecule has 0 saturated heterocycles. The number of nitrogens with zero attached hydrogens (tertiary/aromatic N) is 7. The van der Waals surface area contributed by atoms with Crippen LogP contribution in [0.4, 0.5) is 39.9 Å². The number of rotatable bonds is 12. The molecule has 0 fully saturated rings. The summed E-state index contributed by atoms with van der Waals surface area (Å²) in [4.78, 5) is 63.2. The van der Waals surface area contributed by atoms with Gasteiger partial charge in [0, 0.05) is 28.3 Å². The van der Waals surface area contributed by atoms with Crippen LogP contribution in [0.25, 0.3) is 5.95 Å². The number of carboxylic acids is 4. The Labute approximate surface area is 474 Å². The number of carbonyl (C=O) groups excluding carboxylic acids is 4. The number of nitrogen functional groups attached to an aromatic ring is 1. The van der Waals surface area contributed by atoms with Crippen LogP contribution in [0, 0.1) is 0 Å². The van der Waals surface area contributed by atoms with Gasteiger partial charge in [0.1, 0.15) is 12.0 Å². The van der Waals surface area contributed by atoms with E-state index in [0.29, 0.717) is 16.5 Å². The summed E-state index contributed by atoms with van der Waals surface area (Å²) in [6, 6.07) is 5.88. The SMILES string of the molecule is CC(C)(C)c1nn(-c2nc(Nc3cc(C(=O)[O-])cc(C(=O)[O-])c3)nc(Nc3cc(C(=O)[O-])cc(C(=O)[O-])c3)n2)c(N)c1NNc1ncns1.[K+].[K+].[K+].[K+]. The molecule has 5 aromatic rings. The van der Waals surface area contributed by atoms with Crippen LogP contribution in [0.15, 0.2) is 42.7 Å². The number of aromatic nitrogens is 7. The van der Waals surface area contributed by atoms with Gasteiger partial charge in [-0.3, -0.25) is 10.9 Å². The van der Waals surface area contributed by atoms with Gasteiger partial charge in [-0.2, -0.15) is 29.1 Å². The number of hydrogen-bond acceptors (Lipinski definition) is 20. The largest absolute Gasteiger partial charge is 1.00 e. The maximum absolute atomic E-state index is 11.6. The van der Waals surface area contributed by atoms with Crippen molar-refractivity contribution < 1.29 is 245 Å². The zero-order valence-corrected chi connectivity index (χ0v) is 42.7. The van der Waals surface area contributed by atoms with Gasteiger partial charge in [0.2, 0.25) is 17.0 Å². The molecule has 20 nitrogen and oxygen atoms in total. The predicted molar refractivity (Wildman–Crippen MR) is 164 cm³/mol. The number of hydrogen-bond donors (Lipinski definition) is 5. The molecule has 0 atom stereocenters. The minimum absolute atomic E-state index is 0. The van der Waals surface area contributed by atoms with Crippen LogP contribution in [-0.4, -0.2) is 58.0 Å². The fraction of sp³-hybridized carbons (Fsp3) is 0.143. The predicted octanol–water partition coefficient (Wildman–Crippen LogP) is -13.8. The van der Waals surface area contributed by atoms with Crippen molar-refractivity contribution in [1.82, 2.24) is 34.1 Å². The van der Waals surface area contributed by atoms with Gasteiger partial charge in [-0.1, -0.05) is 20.8 Å². The van der Waals surface area contributed by atoms with Crippen LogP contribution in [0.1, 0.15) is 67.9 Å². The fourth-order valence-electron chi connectivity index (χ4n) is 4.28. The average Bonchev–Trinajstić information content (AvgIpc) is 3.67. The number of carboxylic acid groups (broad SMARTS) is 4. The standard InChI is InChI=1S/C28H26N12O8S.4K/c1-28(2,3)18-17(37-38-27-30-10-31-49-27)19(29)40(39-18)26-35-24(32-15-6-11(20(41)42)4-12(7-15)21(43)44)34-25(36-26)33-16-8-13(22(45)46)5-14(9-16)23(47)48;;;;/h4-10,37H,29H2,1-3H3,(H,41,42)(H,43,44)(H,45,46)(H,47,48)(H,30,31,38)(H2,32,33,34,35,36);;;;/q;4*+1/p-4. The first kappa shape index (κ1) is 50.7. The number of nitrogens with one attached hydrogen (secondary N) is 4. The van der Waals surface area contributed by atoms with Crippen LogP contribution in [0.2, 0.25) is 0 Å². The van der Waals surface area contributed by atoms with E-state index >= 15 is 0 Å². The zero-order valence-electron chi connectivity index (χ0n) is 29.4. The second kappa shape index (κ2) is 22.0. The summed E-state index contributed by atoms with van der Waals surface area (Å²) in [5.41, 5.74) is 10.2. The third-order valence-corrected chi connectivity index (χ3v) is 7.00. The second-order valence-corrected chi connectivity index (χ2v) is 11.8. The van der Waals surface area contributed by atoms with Gasteiger partial charge in [-0.15, -0.1) is 0 Å². The summed E-state index contributed by atoms with van der Waals surface area (Å²) in [5, 5.41) is 56.7. The third-order valence-electron chi connectivity index (χ3n) is 6.42. The van der Waals surface area contributed by atoms with Crippen molar-refractivity contribution in [1.29, 1.82) is 0 Å². The molecule has 0 bridgehead atoms. The van der Waals surface area contributed by atoms with Gasteiger partial charge in [-0.25, -0.2) is 4.98 Å². The summed E-state index contributed by atoms with van der Waals surface area (Å²) >= 11 is 1.07. The van der Waals surface area contributed by atoms with Gasteiger partial charge in [-0.05, 0) is 58.7 Å². The second-order valence-electron chi connectivity index (χ2n) is 11.0. The van der Waals surface area contributed by atoms with E-state index in [4.69, 9.17) is 5.73 Å². The van der Waals surface area contributed by atoms with Crippen molar-refractivity contribution in [2.45, 2.75) is 26.2 Å². The molecule has 0 aliphatic heterocycles. The minimum atomic E-state index is -1.68. The third kappa shape index (κ3) is 13.4. The maximum Gasteiger partial charge on any atom is 1.00 e. The van der Waals surface area contributed by atoms with Crippen LogP contribution in [0.5, 0.6) is 0 Å². The molecule has 2 aromatic carbocycles. The molecule has 3 heterocycles. The van der Waals surface area contributed by atoms with Crippen LogP contribution < -0.4 is 253 Å². The number of aromatic carboxylic acids is 4. The quantitative estimate of drug-likeness (QED) is 0.0575. The molecule has 252 valence electrons. The van der Waals surface area contributed by atoms with Crippen molar-refractivity contribution in [2.24, 2.45) is 0 Å². The smallest absolute Gasteiger partial charge is 0.545 e. The van der Waals surface area contributed by atoms with Crippen molar-refractivity contribution in [2.75, 3.05) is 27.2 Å². The molecule has 6 N–H and O–H groups in total. The maximum atomic E-state index is 11.6. The topological polar surface area (TPSA) is 317 Å². The number of anilines is 7. The average molecular weight is 843 g/mol. The van der Waals surface area contributed by atoms with E-state index in [1.54, 1.807) is 0 Å². The summed E-state index contributed by atoms with van der Waals surface area (Å²) in [7, 11) is 0. The molecule has 0 aliphatic carbocycles. The summed E-state index contributed by atoms with van der Waals surface area (Å²) in [6.07, 6.45) is 1.34. The van der Waals surface area contributed by atoms with E-state index in [1.165, 1.54) is 6.33 Å². The molecule has 0 unspecified atom stereocenters. The minimum Gasteiger partial charge on any atom is -0.545 e. The molecule has 3 aromatic heterocycles. The molecule has 0 amide bonds. The Balaban J connectivity index is 0.00000351. The van der Waals surface area contributed by atoms with Crippen LogP contribution in [-0.2, 0) is 5.41 Å². The Bertz CT molecular complexity index is 1970. The number of carbonyl (C=O) groups is 4. The number of hydrazine groups is 1. The number of nitrogens with two attached hydrogens (primary N) is 1. The molecule has 5 rings (SSSR count). The van der Waals surface area contributed by atoms with E-state index in [1.807, 2.05) is 20.8 Å². The molecule has 0 saturated carbocycles. The van der Waals surface area contributed by atoms with E-state index in [9.17, 15) is 39.6 Å². The van der Waals surface area contributed by atoms with Gasteiger partial charge in [0.15, 0.2) is 5.82 Å². The first-order valence-electron chi connectivity index (χ1n) is 13.7. The van der Waals surface area contributed by atoms with Crippen molar-refractivity contribution in [3.63, 3.8) is 0 Å². The van der Waals surface area contributed by atoms with E-state index in [0.717, 1.165) is 52.6 Å². The molecular formula is C28H22K4N12O8S. The van der Waals surface area contributed by atoms with Gasteiger partial charge in [0.25, 0.3) is 5.95 Å². The van der Waals surface area contributed by atoms with E-state index in [-0.39, 0.29) is 241 Å². The monoisotopic (exact) mass is 842 g/mol. The van der Waals surface area contributed by atoms with E-state index in [2.05, 4.69) is 50.9 Å². The molecule has 0 aliphatic rings. The summed E-state index contributed by atoms with van der Waals surface area (Å²) in [6.45, 7) is 5.59. The van der Waals surface area contributed by atoms with Crippen LogP contribution in [0.3, 0.4) is 0 Å². The molecule has 25 heteroatoms. The van der Waals surface area contributed by atoms with Gasteiger partial charge in [0.05, 0.1) is 29.6 Å². The Morgan fingerprint density at radius 1 is 0.698 bits per heavy atom. The Hall–Kier alpha value is -0.355. The first-order valence-corrected chi connectivity index (χ1v) is 14.5. The number of benzene rings is 2. The fourth-order valence-corrected chi connectivity index (χ4v) is 4.66. The van der Waals surface area contributed by atoms with Gasteiger partial charge >= 0.3 is 206 Å². The van der Waals surface area contributed by atoms with Crippen molar-refractivity contribution in [3.05, 3.63) is 70.7 Å². The molecule has 0 radical (unpaired) electrons. The van der Waals surface area contributed by atoms with Crippen molar-refractivity contribution in [3.8, 4) is 5.95 Å². The molecule has 0 spiro atoms. The van der Waals surface area contributed by atoms with Gasteiger partial charge < -0.3 is 56.0 Å². The normalized spacial score (nSPS) is 10.2. The van der Waals surface area contributed by atoms with Crippen LogP contribution >= 0.6 is 11.5 Å². The Kier molecular flexibility index (Phi) is 21.0. The Morgan fingerprint density at radius 2 is 1.13 bits per heavy atom. The molecule has 53 heavy (non-hydrogen) atoms. The zero-order chi connectivity index (χ0) is 35.6. The summed E-state index contributed by atoms with van der Waals surface area (Å²) < 4.78 is 5.06. The van der Waals surface area contributed by atoms with E-state index < -0.39 is 51.5 Å². The Morgan fingerprint density at radius 3 is 1.49 bits per heavy atom. The van der Waals surface area contributed by atoms with Crippen molar-refractivity contribution >= 4 is 75.3 Å². The first-order chi connectivity index (χ1) is 23.1. The summed E-state index contributed by atoms with van der Waals surface area (Å²) in [5.74, 6) is -7.62.